The number of anilines is 1. The summed E-state index contributed by atoms with van der Waals surface area (Å²) in [5, 5.41) is 11.2. The third-order valence-electron chi connectivity index (χ3n) is 5.46. The van der Waals surface area contributed by atoms with Gasteiger partial charge in [0.2, 0.25) is 5.95 Å². The molecule has 3 aromatic rings. The smallest absolute Gasteiger partial charge is 0.227 e. The molecule has 0 bridgehead atoms. The Labute approximate surface area is 157 Å². The molecule has 1 saturated carbocycles. The zero-order chi connectivity index (χ0) is 17.5. The van der Waals surface area contributed by atoms with Crippen molar-refractivity contribution in [1.82, 2.24) is 24.6 Å². The molecule has 2 fully saturated rings. The molecule has 0 aromatic carbocycles. The number of fused-ring (bicyclic) bond motifs is 1. The molecule has 0 N–H and O–H groups in total. The number of pyridine rings is 1. The molecule has 26 heavy (non-hydrogen) atoms. The number of rotatable bonds is 4. The van der Waals surface area contributed by atoms with Crippen molar-refractivity contribution in [2.24, 2.45) is 0 Å². The van der Waals surface area contributed by atoms with Gasteiger partial charge >= 0.3 is 0 Å². The minimum atomic E-state index is 0.844. The fourth-order valence-electron chi connectivity index (χ4n) is 3.93. The first kappa shape index (κ1) is 16.2. The van der Waals surface area contributed by atoms with Crippen LogP contribution in [0.1, 0.15) is 26.2 Å². The summed E-state index contributed by atoms with van der Waals surface area (Å²) >= 11 is 1.72. The third kappa shape index (κ3) is 2.89. The van der Waals surface area contributed by atoms with Crippen molar-refractivity contribution < 1.29 is 0 Å². The molecule has 0 unspecified atom stereocenters. The molecule has 0 spiro atoms. The minimum Gasteiger partial charge on any atom is -0.340 e. The predicted octanol–water partition coefficient (Wildman–Crippen LogP) is 3.25. The van der Waals surface area contributed by atoms with E-state index in [1.807, 2.05) is 0 Å². The fourth-order valence-corrected chi connectivity index (χ4v) is 4.65. The Hall–Kier alpha value is -1.99. The first-order valence-electron chi connectivity index (χ1n) is 9.60. The van der Waals surface area contributed by atoms with E-state index < -0.39 is 0 Å². The van der Waals surface area contributed by atoms with Crippen LogP contribution in [0.5, 0.6) is 0 Å². The van der Waals surface area contributed by atoms with Crippen molar-refractivity contribution in [2.75, 3.05) is 31.1 Å². The van der Waals surface area contributed by atoms with Crippen LogP contribution in [0.15, 0.2) is 23.6 Å². The first-order chi connectivity index (χ1) is 12.8. The second-order valence-electron chi connectivity index (χ2n) is 7.18. The molecule has 0 radical (unpaired) electrons. The van der Waals surface area contributed by atoms with Gasteiger partial charge in [0.1, 0.15) is 5.69 Å². The van der Waals surface area contributed by atoms with Gasteiger partial charge < -0.3 is 4.90 Å². The van der Waals surface area contributed by atoms with E-state index in [0.717, 1.165) is 55.2 Å². The molecule has 4 heterocycles. The van der Waals surface area contributed by atoms with Gasteiger partial charge in [0.05, 0.1) is 10.2 Å². The van der Waals surface area contributed by atoms with E-state index in [1.165, 1.54) is 30.5 Å². The van der Waals surface area contributed by atoms with Crippen LogP contribution in [-0.4, -0.2) is 56.9 Å². The summed E-state index contributed by atoms with van der Waals surface area (Å²) in [6.45, 7) is 7.45. The Morgan fingerprint density at radius 1 is 1.08 bits per heavy atom. The molecule has 1 aliphatic carbocycles. The first-order valence-corrected chi connectivity index (χ1v) is 10.5. The van der Waals surface area contributed by atoms with E-state index in [2.05, 4.69) is 55.1 Å². The van der Waals surface area contributed by atoms with Gasteiger partial charge in [-0.25, -0.2) is 4.98 Å². The van der Waals surface area contributed by atoms with Crippen LogP contribution in [0.4, 0.5) is 5.95 Å². The lowest BCUT2D eigenvalue weighted by Gasteiger charge is -2.23. The number of hydrogen-bond donors (Lipinski definition) is 0. The maximum Gasteiger partial charge on any atom is 0.227 e. The highest BCUT2D eigenvalue weighted by molar-refractivity contribution is 7.17. The summed E-state index contributed by atoms with van der Waals surface area (Å²) in [7, 11) is 0. The van der Waals surface area contributed by atoms with Gasteiger partial charge in [-0.1, -0.05) is 0 Å². The molecule has 0 atom stereocenters. The molecule has 1 aliphatic heterocycles. The molecule has 0 amide bonds. The Morgan fingerprint density at radius 2 is 2.00 bits per heavy atom. The van der Waals surface area contributed by atoms with Gasteiger partial charge in [-0.05, 0) is 49.8 Å². The lowest BCUT2D eigenvalue weighted by molar-refractivity contribution is 0.283. The van der Waals surface area contributed by atoms with Gasteiger partial charge in [0.15, 0.2) is 5.82 Å². The van der Waals surface area contributed by atoms with Gasteiger partial charge in [0, 0.05) is 38.8 Å². The van der Waals surface area contributed by atoms with Crippen molar-refractivity contribution >= 4 is 27.5 Å². The lowest BCUT2D eigenvalue weighted by Crippen LogP contribution is -2.33. The van der Waals surface area contributed by atoms with E-state index in [1.54, 1.807) is 11.3 Å². The average molecular weight is 369 g/mol. The van der Waals surface area contributed by atoms with Crippen LogP contribution >= 0.6 is 11.3 Å². The molecule has 6 nitrogen and oxygen atoms in total. The fraction of sp³-hybridized carbons (Fsp3) is 0.526. The summed E-state index contributed by atoms with van der Waals surface area (Å²) < 4.78 is 3.43. The van der Waals surface area contributed by atoms with Crippen molar-refractivity contribution in [3.8, 4) is 11.5 Å². The average Bonchev–Trinajstić information content (AvgIpc) is 3.32. The largest absolute Gasteiger partial charge is 0.340 e. The lowest BCUT2D eigenvalue weighted by atomic mass is 10.3. The highest BCUT2D eigenvalue weighted by Gasteiger charge is 2.31. The van der Waals surface area contributed by atoms with Gasteiger partial charge in [0.25, 0.3) is 0 Å². The van der Waals surface area contributed by atoms with Gasteiger partial charge in [-0.15, -0.1) is 21.5 Å². The Kier molecular flexibility index (Phi) is 4.13. The Balaban J connectivity index is 1.44. The van der Waals surface area contributed by atoms with E-state index in [-0.39, 0.29) is 0 Å². The quantitative estimate of drug-likeness (QED) is 0.707. The SMILES string of the molecule is CCn1c(-c2ccc3sccc3n2)nnc1N1CCCN(C2CC2)CC1. The molecule has 5 rings (SSSR count). The summed E-state index contributed by atoms with van der Waals surface area (Å²) in [4.78, 5) is 9.86. The van der Waals surface area contributed by atoms with Crippen LogP contribution in [0.25, 0.3) is 21.7 Å². The van der Waals surface area contributed by atoms with Crippen LogP contribution in [0, 0.1) is 0 Å². The van der Waals surface area contributed by atoms with E-state index in [4.69, 9.17) is 4.98 Å². The Bertz CT molecular complexity index is 912. The number of hydrogen-bond acceptors (Lipinski definition) is 6. The van der Waals surface area contributed by atoms with Crippen molar-refractivity contribution in [1.29, 1.82) is 0 Å². The topological polar surface area (TPSA) is 50.1 Å². The second kappa shape index (κ2) is 6.63. The maximum atomic E-state index is 4.79. The molecule has 1 saturated heterocycles. The van der Waals surface area contributed by atoms with Crippen molar-refractivity contribution in [3.63, 3.8) is 0 Å². The highest BCUT2D eigenvalue weighted by Crippen LogP contribution is 2.29. The van der Waals surface area contributed by atoms with Crippen LogP contribution < -0.4 is 4.90 Å². The molecular weight excluding hydrogens is 344 g/mol. The second-order valence-corrected chi connectivity index (χ2v) is 8.12. The zero-order valence-corrected chi connectivity index (χ0v) is 16.0. The van der Waals surface area contributed by atoms with Gasteiger partial charge in [-0.2, -0.15) is 0 Å². The highest BCUT2D eigenvalue weighted by atomic mass is 32.1. The normalized spacial score (nSPS) is 19.2. The predicted molar refractivity (Wildman–Crippen MR) is 106 cm³/mol. The molecule has 136 valence electrons. The zero-order valence-electron chi connectivity index (χ0n) is 15.1. The summed E-state index contributed by atoms with van der Waals surface area (Å²) in [6, 6.07) is 7.11. The monoisotopic (exact) mass is 368 g/mol. The van der Waals surface area contributed by atoms with Crippen molar-refractivity contribution in [2.45, 2.75) is 38.8 Å². The van der Waals surface area contributed by atoms with Crippen LogP contribution in [0.3, 0.4) is 0 Å². The number of aromatic nitrogens is 4. The minimum absolute atomic E-state index is 0.844. The standard InChI is InChI=1S/C19H24N6S/c1-2-25-18(16-6-7-17-15(20-16)8-13-26-17)21-22-19(25)24-10-3-9-23(11-12-24)14-4-5-14/h6-8,13-14H,2-5,9-12H2,1H3. The van der Waals surface area contributed by atoms with E-state index >= 15 is 0 Å². The summed E-state index contributed by atoms with van der Waals surface area (Å²) in [6.07, 6.45) is 3.96. The number of thiophene rings is 1. The maximum absolute atomic E-state index is 4.79. The summed E-state index contributed by atoms with van der Waals surface area (Å²) in [5.41, 5.74) is 1.94. The van der Waals surface area contributed by atoms with Crippen LogP contribution in [-0.2, 0) is 6.54 Å². The molecular formula is C19H24N6S. The van der Waals surface area contributed by atoms with Gasteiger partial charge in [-0.3, -0.25) is 9.47 Å². The molecule has 2 aliphatic rings. The third-order valence-corrected chi connectivity index (χ3v) is 6.33. The van der Waals surface area contributed by atoms with Crippen molar-refractivity contribution in [3.05, 3.63) is 23.6 Å². The van der Waals surface area contributed by atoms with E-state index in [0.29, 0.717) is 0 Å². The molecule has 7 heteroatoms. The van der Waals surface area contributed by atoms with Crippen LogP contribution in [0.2, 0.25) is 0 Å². The van der Waals surface area contributed by atoms with E-state index in [9.17, 15) is 0 Å². The number of nitrogens with zero attached hydrogens (tertiary/aromatic N) is 6. The summed E-state index contributed by atoms with van der Waals surface area (Å²) in [5.74, 6) is 1.87. The molecule has 3 aromatic heterocycles. The Morgan fingerprint density at radius 3 is 2.85 bits per heavy atom.